The number of esters is 1. The Hall–Kier alpha value is -0.610. The van der Waals surface area contributed by atoms with Crippen molar-refractivity contribution < 1.29 is 9.53 Å². The van der Waals surface area contributed by atoms with Crippen molar-refractivity contribution in [3.63, 3.8) is 0 Å². The second kappa shape index (κ2) is 6.36. The molecule has 0 aromatic carbocycles. The van der Waals surface area contributed by atoms with Crippen LogP contribution >= 0.6 is 0 Å². The molecule has 0 aliphatic heterocycles. The van der Waals surface area contributed by atoms with Gasteiger partial charge >= 0.3 is 5.97 Å². The standard InChI is InChI=1S/C13H26N2O2/c1-5-14-13(11-8-9-11,10-15(4)6-2)12(16)17-7-3/h11,14H,5-10H2,1-4H3. The maximum atomic E-state index is 12.3. The summed E-state index contributed by atoms with van der Waals surface area (Å²) in [6, 6.07) is 0. The number of nitrogens with zero attached hydrogens (tertiary/aromatic N) is 1. The van der Waals surface area contributed by atoms with Crippen LogP contribution in [0.25, 0.3) is 0 Å². The third-order valence-corrected chi connectivity index (χ3v) is 3.47. The first-order valence-electron chi connectivity index (χ1n) is 6.71. The van der Waals surface area contributed by atoms with Crippen LogP contribution in [0.4, 0.5) is 0 Å². The van der Waals surface area contributed by atoms with Crippen LogP contribution in [-0.4, -0.2) is 49.7 Å². The molecule has 0 amide bonds. The number of ether oxygens (including phenoxy) is 1. The van der Waals surface area contributed by atoms with Crippen molar-refractivity contribution in [2.24, 2.45) is 5.92 Å². The molecule has 1 fully saturated rings. The minimum atomic E-state index is -0.491. The summed E-state index contributed by atoms with van der Waals surface area (Å²) in [6.07, 6.45) is 2.26. The minimum Gasteiger partial charge on any atom is -0.465 e. The van der Waals surface area contributed by atoms with E-state index in [0.29, 0.717) is 12.5 Å². The highest BCUT2D eigenvalue weighted by Crippen LogP contribution is 2.41. The molecule has 17 heavy (non-hydrogen) atoms. The molecule has 1 unspecified atom stereocenters. The molecule has 1 N–H and O–H groups in total. The lowest BCUT2D eigenvalue weighted by Crippen LogP contribution is -2.60. The van der Waals surface area contributed by atoms with Crippen molar-refractivity contribution >= 4 is 5.97 Å². The zero-order valence-electron chi connectivity index (χ0n) is 11.6. The molecule has 4 heteroatoms. The van der Waals surface area contributed by atoms with Gasteiger partial charge in [0.15, 0.2) is 0 Å². The van der Waals surface area contributed by atoms with Gasteiger partial charge in [0.2, 0.25) is 0 Å². The van der Waals surface area contributed by atoms with Crippen molar-refractivity contribution in [2.45, 2.75) is 39.2 Å². The molecule has 0 aromatic heterocycles. The van der Waals surface area contributed by atoms with Gasteiger partial charge in [-0.3, -0.25) is 0 Å². The molecule has 100 valence electrons. The first-order valence-corrected chi connectivity index (χ1v) is 6.71. The van der Waals surface area contributed by atoms with E-state index in [0.717, 1.165) is 32.5 Å². The van der Waals surface area contributed by atoms with Crippen LogP contribution < -0.4 is 5.32 Å². The molecular weight excluding hydrogens is 216 g/mol. The summed E-state index contributed by atoms with van der Waals surface area (Å²) < 4.78 is 5.28. The van der Waals surface area contributed by atoms with Gasteiger partial charge in [-0.1, -0.05) is 13.8 Å². The topological polar surface area (TPSA) is 41.6 Å². The number of nitrogens with one attached hydrogen (secondary N) is 1. The zero-order chi connectivity index (χ0) is 12.9. The molecule has 1 aliphatic carbocycles. The third-order valence-electron chi connectivity index (χ3n) is 3.47. The fourth-order valence-electron chi connectivity index (χ4n) is 2.32. The summed E-state index contributed by atoms with van der Waals surface area (Å²) in [7, 11) is 2.05. The summed E-state index contributed by atoms with van der Waals surface area (Å²) in [5.74, 6) is 0.361. The van der Waals surface area contributed by atoms with Crippen LogP contribution in [0.1, 0.15) is 33.6 Å². The molecule has 1 rings (SSSR count). The van der Waals surface area contributed by atoms with Gasteiger partial charge in [0.1, 0.15) is 5.54 Å². The molecule has 1 saturated carbocycles. The SMILES string of the molecule is CCNC(CN(C)CC)(C(=O)OCC)C1CC1. The Kier molecular flexibility index (Phi) is 5.40. The predicted octanol–water partition coefficient (Wildman–Crippen LogP) is 1.26. The fraction of sp³-hybridized carbons (Fsp3) is 0.923. The van der Waals surface area contributed by atoms with Crippen molar-refractivity contribution in [3.05, 3.63) is 0 Å². The monoisotopic (exact) mass is 242 g/mol. The van der Waals surface area contributed by atoms with E-state index in [4.69, 9.17) is 4.74 Å². The Labute approximate surface area is 105 Å². The number of likely N-dealkylation sites (N-methyl/N-ethyl adjacent to an activating group) is 2. The minimum absolute atomic E-state index is 0.0790. The van der Waals surface area contributed by atoms with E-state index < -0.39 is 5.54 Å². The van der Waals surface area contributed by atoms with E-state index in [1.165, 1.54) is 0 Å². The van der Waals surface area contributed by atoms with Crippen molar-refractivity contribution in [3.8, 4) is 0 Å². The molecule has 0 aromatic rings. The normalized spacial score (nSPS) is 19.1. The van der Waals surface area contributed by atoms with E-state index in [-0.39, 0.29) is 5.97 Å². The van der Waals surface area contributed by atoms with Gasteiger partial charge in [-0.25, -0.2) is 4.79 Å². The lowest BCUT2D eigenvalue weighted by Gasteiger charge is -2.35. The zero-order valence-corrected chi connectivity index (χ0v) is 11.6. The van der Waals surface area contributed by atoms with E-state index in [2.05, 4.69) is 17.1 Å². The quantitative estimate of drug-likeness (QED) is 0.651. The molecule has 0 spiro atoms. The second-order valence-corrected chi connectivity index (χ2v) is 4.83. The van der Waals surface area contributed by atoms with Gasteiger partial charge in [-0.15, -0.1) is 0 Å². The van der Waals surface area contributed by atoms with E-state index >= 15 is 0 Å². The lowest BCUT2D eigenvalue weighted by molar-refractivity contribution is -0.153. The second-order valence-electron chi connectivity index (χ2n) is 4.83. The summed E-state index contributed by atoms with van der Waals surface area (Å²) >= 11 is 0. The number of carbonyl (C=O) groups excluding carboxylic acids is 1. The summed E-state index contributed by atoms with van der Waals surface area (Å²) in [4.78, 5) is 14.5. The number of carbonyl (C=O) groups is 1. The van der Waals surface area contributed by atoms with Gasteiger partial charge < -0.3 is 15.0 Å². The van der Waals surface area contributed by atoms with Crippen LogP contribution in [0.2, 0.25) is 0 Å². The molecule has 1 aliphatic rings. The average Bonchev–Trinajstić information content (AvgIpc) is 3.12. The van der Waals surface area contributed by atoms with Gasteiger partial charge in [0, 0.05) is 6.54 Å². The van der Waals surface area contributed by atoms with Crippen molar-refractivity contribution in [2.75, 3.05) is 33.3 Å². The van der Waals surface area contributed by atoms with Gasteiger partial charge in [0.05, 0.1) is 6.61 Å². The van der Waals surface area contributed by atoms with E-state index in [9.17, 15) is 4.79 Å². The van der Waals surface area contributed by atoms with Crippen LogP contribution in [0.5, 0.6) is 0 Å². The van der Waals surface area contributed by atoms with Gasteiger partial charge in [-0.05, 0) is 45.8 Å². The largest absolute Gasteiger partial charge is 0.465 e. The van der Waals surface area contributed by atoms with Crippen molar-refractivity contribution in [1.29, 1.82) is 0 Å². The first kappa shape index (κ1) is 14.5. The summed E-state index contributed by atoms with van der Waals surface area (Å²) in [5, 5.41) is 3.39. The van der Waals surface area contributed by atoms with Crippen LogP contribution in [-0.2, 0) is 9.53 Å². The molecule has 4 nitrogen and oxygen atoms in total. The fourth-order valence-corrected chi connectivity index (χ4v) is 2.32. The molecule has 0 heterocycles. The van der Waals surface area contributed by atoms with Crippen LogP contribution in [0.3, 0.4) is 0 Å². The molecule has 0 bridgehead atoms. The molecule has 0 radical (unpaired) electrons. The van der Waals surface area contributed by atoms with E-state index in [1.807, 2.05) is 20.9 Å². The molecular formula is C13H26N2O2. The third kappa shape index (κ3) is 3.42. The molecule has 1 atom stereocenters. The summed E-state index contributed by atoms with van der Waals surface area (Å²) in [5.41, 5.74) is -0.491. The number of rotatable bonds is 8. The smallest absolute Gasteiger partial charge is 0.327 e. The van der Waals surface area contributed by atoms with Crippen LogP contribution in [0.15, 0.2) is 0 Å². The Bertz CT molecular complexity index is 254. The number of hydrogen-bond acceptors (Lipinski definition) is 4. The highest BCUT2D eigenvalue weighted by Gasteiger charge is 2.51. The predicted molar refractivity (Wildman–Crippen MR) is 68.9 cm³/mol. The molecule has 0 saturated heterocycles. The Morgan fingerprint density at radius 2 is 2.06 bits per heavy atom. The van der Waals surface area contributed by atoms with Gasteiger partial charge in [-0.2, -0.15) is 0 Å². The maximum absolute atomic E-state index is 12.3. The summed E-state index contributed by atoms with van der Waals surface area (Å²) in [6.45, 7) is 8.95. The average molecular weight is 242 g/mol. The lowest BCUT2D eigenvalue weighted by atomic mass is 9.92. The Morgan fingerprint density at radius 3 is 2.47 bits per heavy atom. The highest BCUT2D eigenvalue weighted by atomic mass is 16.5. The highest BCUT2D eigenvalue weighted by molar-refractivity contribution is 5.82. The van der Waals surface area contributed by atoms with E-state index in [1.54, 1.807) is 0 Å². The van der Waals surface area contributed by atoms with Gasteiger partial charge in [0.25, 0.3) is 0 Å². The Balaban J connectivity index is 2.82. The first-order chi connectivity index (χ1) is 8.10. The van der Waals surface area contributed by atoms with Crippen molar-refractivity contribution in [1.82, 2.24) is 10.2 Å². The van der Waals surface area contributed by atoms with Crippen LogP contribution in [0, 0.1) is 5.92 Å². The maximum Gasteiger partial charge on any atom is 0.327 e. The Morgan fingerprint density at radius 1 is 1.41 bits per heavy atom. The number of hydrogen-bond donors (Lipinski definition) is 1.